The molecule has 1 aliphatic rings. The number of hydrogen-bond donors (Lipinski definition) is 1. The second kappa shape index (κ2) is 3.92. The van der Waals surface area contributed by atoms with Crippen molar-refractivity contribution in [2.75, 3.05) is 0 Å². The highest BCUT2D eigenvalue weighted by Crippen LogP contribution is 2.23. The molecule has 1 aliphatic carbocycles. The van der Waals surface area contributed by atoms with Gasteiger partial charge in [0, 0.05) is 17.8 Å². The summed E-state index contributed by atoms with van der Waals surface area (Å²) >= 11 is 0. The van der Waals surface area contributed by atoms with E-state index < -0.39 is 12.3 Å². The van der Waals surface area contributed by atoms with Gasteiger partial charge in [0.15, 0.2) is 0 Å². The van der Waals surface area contributed by atoms with Crippen LogP contribution in [-0.4, -0.2) is 16.9 Å². The van der Waals surface area contributed by atoms with Crippen molar-refractivity contribution < 1.29 is 13.6 Å². The molecular weight excluding hydrogens is 202 g/mol. The van der Waals surface area contributed by atoms with Gasteiger partial charge in [-0.05, 0) is 25.0 Å². The van der Waals surface area contributed by atoms with Crippen molar-refractivity contribution in [2.24, 2.45) is 0 Å². The van der Waals surface area contributed by atoms with Crippen LogP contribution in [0.4, 0.5) is 8.78 Å². The Bertz CT molecular complexity index is 377. The van der Waals surface area contributed by atoms with Gasteiger partial charge in [-0.2, -0.15) is 0 Å². The van der Waals surface area contributed by atoms with Crippen molar-refractivity contribution in [3.63, 3.8) is 0 Å². The molecular formula is C10H10F2N2O. The van der Waals surface area contributed by atoms with E-state index in [2.05, 4.69) is 10.3 Å². The third kappa shape index (κ3) is 2.29. The lowest BCUT2D eigenvalue weighted by atomic mass is 10.2. The van der Waals surface area contributed by atoms with Crippen LogP contribution in [0.2, 0.25) is 0 Å². The van der Waals surface area contributed by atoms with Crippen LogP contribution in [0.15, 0.2) is 18.3 Å². The Morgan fingerprint density at radius 1 is 1.53 bits per heavy atom. The predicted molar refractivity (Wildman–Crippen MR) is 49.7 cm³/mol. The molecule has 1 aromatic rings. The third-order valence-corrected chi connectivity index (χ3v) is 2.20. The van der Waals surface area contributed by atoms with Crippen molar-refractivity contribution in [1.29, 1.82) is 0 Å². The van der Waals surface area contributed by atoms with Gasteiger partial charge in [0.2, 0.25) is 0 Å². The van der Waals surface area contributed by atoms with E-state index in [1.54, 1.807) is 0 Å². The van der Waals surface area contributed by atoms with E-state index in [0.717, 1.165) is 12.8 Å². The SMILES string of the molecule is O=C(NC1CC1)c1ncccc1C(F)F. The Kier molecular flexibility index (Phi) is 2.62. The topological polar surface area (TPSA) is 42.0 Å². The molecule has 1 saturated carbocycles. The average Bonchev–Trinajstić information content (AvgIpc) is 3.01. The van der Waals surface area contributed by atoms with Crippen molar-refractivity contribution >= 4 is 5.91 Å². The summed E-state index contributed by atoms with van der Waals surface area (Å²) in [5.74, 6) is -0.506. The van der Waals surface area contributed by atoms with Crippen molar-refractivity contribution in [2.45, 2.75) is 25.3 Å². The molecule has 0 bridgehead atoms. The standard InChI is InChI=1S/C10H10F2N2O/c11-9(12)7-2-1-5-13-8(7)10(15)14-6-3-4-6/h1-2,5-6,9H,3-4H2,(H,14,15). The smallest absolute Gasteiger partial charge is 0.270 e. The van der Waals surface area contributed by atoms with Crippen molar-refractivity contribution in [3.8, 4) is 0 Å². The minimum absolute atomic E-state index is 0.144. The Morgan fingerprint density at radius 3 is 2.87 bits per heavy atom. The fourth-order valence-electron chi connectivity index (χ4n) is 1.26. The average molecular weight is 212 g/mol. The van der Waals surface area contributed by atoms with Crippen LogP contribution in [0.5, 0.6) is 0 Å². The van der Waals surface area contributed by atoms with E-state index in [-0.39, 0.29) is 17.3 Å². The fraction of sp³-hybridized carbons (Fsp3) is 0.400. The fourth-order valence-corrected chi connectivity index (χ4v) is 1.26. The van der Waals surface area contributed by atoms with Crippen molar-refractivity contribution in [3.05, 3.63) is 29.6 Å². The maximum absolute atomic E-state index is 12.5. The number of rotatable bonds is 3. The molecule has 0 atom stereocenters. The van der Waals surface area contributed by atoms with E-state index in [0.29, 0.717) is 0 Å². The first-order chi connectivity index (χ1) is 7.18. The van der Waals surface area contributed by atoms with Crippen molar-refractivity contribution in [1.82, 2.24) is 10.3 Å². The number of carbonyl (C=O) groups excluding carboxylic acids is 1. The number of aromatic nitrogens is 1. The van der Waals surface area contributed by atoms with Gasteiger partial charge >= 0.3 is 0 Å². The molecule has 0 aromatic carbocycles. The summed E-state index contributed by atoms with van der Waals surface area (Å²) in [6.07, 6.45) is 0.512. The minimum atomic E-state index is -2.67. The molecule has 1 heterocycles. The molecule has 0 aliphatic heterocycles. The lowest BCUT2D eigenvalue weighted by molar-refractivity contribution is 0.0931. The first kappa shape index (κ1) is 10.0. The molecule has 80 valence electrons. The van der Waals surface area contributed by atoms with Crippen LogP contribution >= 0.6 is 0 Å². The van der Waals surface area contributed by atoms with Gasteiger partial charge in [-0.15, -0.1) is 0 Å². The van der Waals surface area contributed by atoms with Gasteiger partial charge in [-0.3, -0.25) is 9.78 Å². The van der Waals surface area contributed by atoms with E-state index >= 15 is 0 Å². The summed E-state index contributed by atoms with van der Waals surface area (Å²) in [6, 6.07) is 2.76. The predicted octanol–water partition coefficient (Wildman–Crippen LogP) is 1.91. The zero-order valence-corrected chi connectivity index (χ0v) is 7.91. The monoisotopic (exact) mass is 212 g/mol. The van der Waals surface area contributed by atoms with Crippen LogP contribution < -0.4 is 5.32 Å². The minimum Gasteiger partial charge on any atom is -0.348 e. The Balaban J connectivity index is 2.21. The molecule has 1 aromatic heterocycles. The number of alkyl halides is 2. The Morgan fingerprint density at radius 2 is 2.27 bits per heavy atom. The highest BCUT2D eigenvalue weighted by molar-refractivity contribution is 5.94. The number of pyridine rings is 1. The first-order valence-corrected chi connectivity index (χ1v) is 4.72. The van der Waals surface area contributed by atoms with E-state index in [1.807, 2.05) is 0 Å². The maximum atomic E-state index is 12.5. The summed E-state index contributed by atoms with van der Waals surface area (Å²) in [6.45, 7) is 0. The molecule has 1 amide bonds. The molecule has 3 nitrogen and oxygen atoms in total. The summed E-state index contributed by atoms with van der Waals surface area (Å²) < 4.78 is 25.0. The van der Waals surface area contributed by atoms with Crippen LogP contribution in [0.3, 0.4) is 0 Å². The molecule has 0 unspecified atom stereocenters. The third-order valence-electron chi connectivity index (χ3n) is 2.20. The van der Waals surface area contributed by atoms with Gasteiger partial charge in [0.1, 0.15) is 5.69 Å². The number of nitrogens with zero attached hydrogens (tertiary/aromatic N) is 1. The molecule has 0 spiro atoms. The zero-order valence-electron chi connectivity index (χ0n) is 7.91. The molecule has 1 N–H and O–H groups in total. The first-order valence-electron chi connectivity index (χ1n) is 4.72. The number of amides is 1. The molecule has 0 saturated heterocycles. The highest BCUT2D eigenvalue weighted by atomic mass is 19.3. The quantitative estimate of drug-likeness (QED) is 0.831. The van der Waals surface area contributed by atoms with Gasteiger partial charge < -0.3 is 5.32 Å². The summed E-state index contributed by atoms with van der Waals surface area (Å²) in [5, 5.41) is 2.63. The Labute approximate surface area is 85.5 Å². The van der Waals surface area contributed by atoms with Crippen LogP contribution in [0, 0.1) is 0 Å². The lowest BCUT2D eigenvalue weighted by Crippen LogP contribution is -2.27. The summed E-state index contributed by atoms with van der Waals surface area (Å²) in [5.41, 5.74) is -0.477. The van der Waals surface area contributed by atoms with Gasteiger partial charge in [0.25, 0.3) is 12.3 Å². The van der Waals surface area contributed by atoms with E-state index in [9.17, 15) is 13.6 Å². The summed E-state index contributed by atoms with van der Waals surface area (Å²) in [7, 11) is 0. The summed E-state index contributed by atoms with van der Waals surface area (Å²) in [4.78, 5) is 15.2. The molecule has 5 heteroatoms. The highest BCUT2D eigenvalue weighted by Gasteiger charge is 2.26. The molecule has 1 fully saturated rings. The molecule has 0 radical (unpaired) electrons. The van der Waals surface area contributed by atoms with Crippen LogP contribution in [0.25, 0.3) is 0 Å². The number of halogens is 2. The van der Waals surface area contributed by atoms with Gasteiger partial charge in [0.05, 0.1) is 0 Å². The second-order valence-electron chi connectivity index (χ2n) is 3.49. The Hall–Kier alpha value is -1.52. The largest absolute Gasteiger partial charge is 0.348 e. The lowest BCUT2D eigenvalue weighted by Gasteiger charge is -2.07. The number of carbonyl (C=O) groups is 1. The second-order valence-corrected chi connectivity index (χ2v) is 3.49. The zero-order chi connectivity index (χ0) is 10.8. The molecule has 2 rings (SSSR count). The maximum Gasteiger partial charge on any atom is 0.270 e. The van der Waals surface area contributed by atoms with E-state index in [4.69, 9.17) is 0 Å². The van der Waals surface area contributed by atoms with Crippen LogP contribution in [-0.2, 0) is 0 Å². The number of hydrogen-bond acceptors (Lipinski definition) is 2. The number of nitrogens with one attached hydrogen (secondary N) is 1. The van der Waals surface area contributed by atoms with Gasteiger partial charge in [-0.25, -0.2) is 8.78 Å². The molecule has 15 heavy (non-hydrogen) atoms. The van der Waals surface area contributed by atoms with E-state index in [1.165, 1.54) is 18.3 Å². The normalized spacial score (nSPS) is 15.4. The van der Waals surface area contributed by atoms with Gasteiger partial charge in [-0.1, -0.05) is 0 Å². The van der Waals surface area contributed by atoms with Crippen LogP contribution in [0.1, 0.15) is 35.3 Å².